The van der Waals surface area contributed by atoms with Crippen molar-refractivity contribution in [3.63, 3.8) is 0 Å². The standard InChI is InChI=1S/C12H16ClN3O2/c1-7(14)11(17)15-10-6-8(4-5-9(10)13)12(18)16(2)3/h4-7H,14H2,1-3H3,(H,15,17). The van der Waals surface area contributed by atoms with Crippen LogP contribution in [-0.2, 0) is 4.79 Å². The predicted molar refractivity (Wildman–Crippen MR) is 71.7 cm³/mol. The van der Waals surface area contributed by atoms with E-state index in [0.29, 0.717) is 16.3 Å². The molecule has 0 aliphatic carbocycles. The number of carbonyl (C=O) groups is 2. The molecule has 0 fully saturated rings. The van der Waals surface area contributed by atoms with Crippen molar-refractivity contribution < 1.29 is 9.59 Å². The van der Waals surface area contributed by atoms with E-state index in [9.17, 15) is 9.59 Å². The molecule has 1 rings (SSSR count). The van der Waals surface area contributed by atoms with Gasteiger partial charge >= 0.3 is 0 Å². The lowest BCUT2D eigenvalue weighted by Gasteiger charge is -2.13. The molecule has 0 saturated carbocycles. The molecule has 3 N–H and O–H groups in total. The summed E-state index contributed by atoms with van der Waals surface area (Å²) in [6.07, 6.45) is 0. The predicted octanol–water partition coefficient (Wildman–Crippen LogP) is 1.33. The minimum Gasteiger partial charge on any atom is -0.345 e. The summed E-state index contributed by atoms with van der Waals surface area (Å²) in [5.74, 6) is -0.519. The second-order valence-corrected chi connectivity index (χ2v) is 4.58. The Labute approximate surface area is 111 Å². The van der Waals surface area contributed by atoms with Gasteiger partial charge in [0.25, 0.3) is 5.91 Å². The molecule has 0 aliphatic rings. The lowest BCUT2D eigenvalue weighted by Crippen LogP contribution is -2.32. The Hall–Kier alpha value is -1.59. The lowest BCUT2D eigenvalue weighted by atomic mass is 10.1. The Kier molecular flexibility index (Phi) is 4.69. The van der Waals surface area contributed by atoms with Crippen LogP contribution in [0, 0.1) is 0 Å². The van der Waals surface area contributed by atoms with Crippen LogP contribution in [0.25, 0.3) is 0 Å². The Bertz CT molecular complexity index is 472. The summed E-state index contributed by atoms with van der Waals surface area (Å²) in [5, 5.41) is 2.94. The van der Waals surface area contributed by atoms with E-state index in [1.54, 1.807) is 33.2 Å². The molecule has 6 heteroatoms. The summed E-state index contributed by atoms with van der Waals surface area (Å²) >= 11 is 5.95. The van der Waals surface area contributed by atoms with Gasteiger partial charge in [0.1, 0.15) is 0 Å². The fraction of sp³-hybridized carbons (Fsp3) is 0.333. The number of benzene rings is 1. The number of amides is 2. The summed E-state index contributed by atoms with van der Waals surface area (Å²) in [5.41, 5.74) is 6.28. The van der Waals surface area contributed by atoms with Gasteiger partial charge in [-0.25, -0.2) is 0 Å². The molecule has 1 atom stereocenters. The number of nitrogens with one attached hydrogen (secondary N) is 1. The monoisotopic (exact) mass is 269 g/mol. The molecule has 0 bridgehead atoms. The highest BCUT2D eigenvalue weighted by Gasteiger charge is 2.13. The first kappa shape index (κ1) is 14.5. The molecule has 0 spiro atoms. The lowest BCUT2D eigenvalue weighted by molar-refractivity contribution is -0.117. The molecule has 0 radical (unpaired) electrons. The maximum absolute atomic E-state index is 11.8. The summed E-state index contributed by atoms with van der Waals surface area (Å²) in [6, 6.07) is 4.06. The van der Waals surface area contributed by atoms with E-state index in [4.69, 9.17) is 17.3 Å². The topological polar surface area (TPSA) is 75.4 Å². The molecule has 1 aromatic carbocycles. The van der Waals surface area contributed by atoms with Crippen molar-refractivity contribution in [1.82, 2.24) is 4.90 Å². The van der Waals surface area contributed by atoms with E-state index in [2.05, 4.69) is 5.32 Å². The third kappa shape index (κ3) is 3.45. The van der Waals surface area contributed by atoms with E-state index in [0.717, 1.165) is 0 Å². The normalized spacial score (nSPS) is 11.8. The Morgan fingerprint density at radius 3 is 2.50 bits per heavy atom. The smallest absolute Gasteiger partial charge is 0.253 e. The van der Waals surface area contributed by atoms with Crippen molar-refractivity contribution >= 4 is 29.1 Å². The van der Waals surface area contributed by atoms with Crippen LogP contribution in [0.15, 0.2) is 18.2 Å². The van der Waals surface area contributed by atoms with Crippen LogP contribution >= 0.6 is 11.6 Å². The minimum absolute atomic E-state index is 0.164. The van der Waals surface area contributed by atoms with Crippen molar-refractivity contribution in [1.29, 1.82) is 0 Å². The summed E-state index contributed by atoms with van der Waals surface area (Å²) in [7, 11) is 3.30. The van der Waals surface area contributed by atoms with Gasteiger partial charge in [-0.05, 0) is 25.1 Å². The van der Waals surface area contributed by atoms with Gasteiger partial charge in [0.15, 0.2) is 0 Å². The minimum atomic E-state index is -0.644. The van der Waals surface area contributed by atoms with E-state index in [-0.39, 0.29) is 11.8 Å². The van der Waals surface area contributed by atoms with E-state index >= 15 is 0 Å². The van der Waals surface area contributed by atoms with Crippen molar-refractivity contribution in [3.8, 4) is 0 Å². The molecule has 0 saturated heterocycles. The van der Waals surface area contributed by atoms with Crippen molar-refractivity contribution in [2.45, 2.75) is 13.0 Å². The van der Waals surface area contributed by atoms with Gasteiger partial charge in [0.05, 0.1) is 16.8 Å². The van der Waals surface area contributed by atoms with Crippen LogP contribution in [0.3, 0.4) is 0 Å². The summed E-state index contributed by atoms with van der Waals surface area (Å²) in [6.45, 7) is 1.57. The second-order valence-electron chi connectivity index (χ2n) is 4.17. The largest absolute Gasteiger partial charge is 0.345 e. The van der Waals surface area contributed by atoms with Gasteiger partial charge in [0.2, 0.25) is 5.91 Å². The number of hydrogen-bond donors (Lipinski definition) is 2. The molecule has 0 aromatic heterocycles. The van der Waals surface area contributed by atoms with Crippen molar-refractivity contribution in [2.24, 2.45) is 5.73 Å². The fourth-order valence-electron chi connectivity index (χ4n) is 1.26. The highest BCUT2D eigenvalue weighted by molar-refractivity contribution is 6.34. The van der Waals surface area contributed by atoms with Gasteiger partial charge in [-0.1, -0.05) is 11.6 Å². The molecular weight excluding hydrogens is 254 g/mol. The zero-order valence-electron chi connectivity index (χ0n) is 10.5. The Balaban J connectivity index is 3.02. The van der Waals surface area contributed by atoms with Gasteiger partial charge in [-0.3, -0.25) is 9.59 Å². The van der Waals surface area contributed by atoms with E-state index in [1.807, 2.05) is 0 Å². The first-order valence-electron chi connectivity index (χ1n) is 5.40. The van der Waals surface area contributed by atoms with Crippen LogP contribution in [-0.4, -0.2) is 36.9 Å². The first-order valence-corrected chi connectivity index (χ1v) is 5.78. The number of carbonyl (C=O) groups excluding carboxylic acids is 2. The van der Waals surface area contributed by atoms with Gasteiger partial charge in [-0.15, -0.1) is 0 Å². The number of rotatable bonds is 3. The number of anilines is 1. The number of nitrogens with zero attached hydrogens (tertiary/aromatic N) is 1. The maximum Gasteiger partial charge on any atom is 0.253 e. The van der Waals surface area contributed by atoms with Gasteiger partial charge < -0.3 is 16.0 Å². The SMILES string of the molecule is CC(N)C(=O)Nc1cc(C(=O)N(C)C)ccc1Cl. The highest BCUT2D eigenvalue weighted by atomic mass is 35.5. The van der Waals surface area contributed by atoms with Gasteiger partial charge in [0, 0.05) is 19.7 Å². The zero-order valence-corrected chi connectivity index (χ0v) is 11.3. The highest BCUT2D eigenvalue weighted by Crippen LogP contribution is 2.23. The fourth-order valence-corrected chi connectivity index (χ4v) is 1.42. The third-order valence-corrected chi connectivity index (χ3v) is 2.62. The third-order valence-electron chi connectivity index (χ3n) is 2.29. The Morgan fingerprint density at radius 2 is 2.00 bits per heavy atom. The number of hydrogen-bond acceptors (Lipinski definition) is 3. The Morgan fingerprint density at radius 1 is 1.39 bits per heavy atom. The van der Waals surface area contributed by atoms with Crippen LogP contribution in [0.5, 0.6) is 0 Å². The molecule has 1 aromatic rings. The number of halogens is 1. The summed E-state index contributed by atoms with van der Waals surface area (Å²) < 4.78 is 0. The molecular formula is C12H16ClN3O2. The molecule has 18 heavy (non-hydrogen) atoms. The quantitative estimate of drug-likeness (QED) is 0.869. The van der Waals surface area contributed by atoms with E-state index in [1.165, 1.54) is 11.0 Å². The molecule has 98 valence electrons. The molecule has 5 nitrogen and oxygen atoms in total. The summed E-state index contributed by atoms with van der Waals surface area (Å²) in [4.78, 5) is 24.7. The molecule has 0 aliphatic heterocycles. The maximum atomic E-state index is 11.8. The van der Waals surface area contributed by atoms with Crippen LogP contribution in [0.1, 0.15) is 17.3 Å². The van der Waals surface area contributed by atoms with Crippen molar-refractivity contribution in [3.05, 3.63) is 28.8 Å². The molecule has 1 unspecified atom stereocenters. The second kappa shape index (κ2) is 5.84. The van der Waals surface area contributed by atoms with Crippen LogP contribution < -0.4 is 11.1 Å². The first-order chi connectivity index (χ1) is 8.32. The molecule has 2 amide bonds. The van der Waals surface area contributed by atoms with Crippen LogP contribution in [0.2, 0.25) is 5.02 Å². The average Bonchev–Trinajstić information content (AvgIpc) is 2.30. The zero-order chi connectivity index (χ0) is 13.9. The van der Waals surface area contributed by atoms with E-state index < -0.39 is 6.04 Å². The van der Waals surface area contributed by atoms with Gasteiger partial charge in [-0.2, -0.15) is 0 Å². The number of nitrogens with two attached hydrogens (primary N) is 1. The van der Waals surface area contributed by atoms with Crippen molar-refractivity contribution in [2.75, 3.05) is 19.4 Å². The average molecular weight is 270 g/mol. The molecule has 0 heterocycles. The van der Waals surface area contributed by atoms with Crippen LogP contribution in [0.4, 0.5) is 5.69 Å².